The molecule has 0 aliphatic carbocycles. The molecule has 1 fully saturated rings. The highest BCUT2D eigenvalue weighted by atomic mass is 19.1. The number of ether oxygens (including phenoxy) is 1. The van der Waals surface area contributed by atoms with Gasteiger partial charge in [0.15, 0.2) is 17.7 Å². The molecule has 1 aromatic heterocycles. The fourth-order valence-electron chi connectivity index (χ4n) is 2.26. The third-order valence-corrected chi connectivity index (χ3v) is 3.27. The number of hydrogen-bond acceptors (Lipinski definition) is 3. The van der Waals surface area contributed by atoms with E-state index in [1.165, 1.54) is 12.1 Å². The van der Waals surface area contributed by atoms with E-state index < -0.39 is 11.9 Å². The lowest BCUT2D eigenvalue weighted by Crippen LogP contribution is -2.32. The Hall–Kier alpha value is -2.37. The molecule has 0 saturated carbocycles. The van der Waals surface area contributed by atoms with Crippen molar-refractivity contribution in [2.45, 2.75) is 12.5 Å². The maximum Gasteiger partial charge on any atom is 0.268 e. The van der Waals surface area contributed by atoms with E-state index in [9.17, 15) is 9.18 Å². The first kappa shape index (κ1) is 12.7. The van der Waals surface area contributed by atoms with Crippen LogP contribution in [0.2, 0.25) is 0 Å². The van der Waals surface area contributed by atoms with Gasteiger partial charge < -0.3 is 9.64 Å². The van der Waals surface area contributed by atoms with Gasteiger partial charge in [-0.1, -0.05) is 12.1 Å². The van der Waals surface area contributed by atoms with Crippen LogP contribution >= 0.6 is 0 Å². The zero-order valence-corrected chi connectivity index (χ0v) is 11.0. The second kappa shape index (κ2) is 4.96. The van der Waals surface area contributed by atoms with E-state index in [2.05, 4.69) is 5.10 Å². The molecule has 1 aliphatic heterocycles. The summed E-state index contributed by atoms with van der Waals surface area (Å²) in [6.07, 6.45) is 3.28. The first-order valence-electron chi connectivity index (χ1n) is 6.36. The lowest BCUT2D eigenvalue weighted by atomic mass is 10.3. The average molecular weight is 275 g/mol. The number of carbonyl (C=O) groups is 1. The van der Waals surface area contributed by atoms with Crippen LogP contribution in [0.25, 0.3) is 0 Å². The molecular formula is C14H14FN3O2. The molecule has 0 radical (unpaired) electrons. The Morgan fingerprint density at radius 3 is 2.90 bits per heavy atom. The largest absolute Gasteiger partial charge is 0.477 e. The first-order chi connectivity index (χ1) is 9.65. The normalized spacial score (nSPS) is 18.6. The molecule has 0 N–H and O–H groups in total. The third-order valence-electron chi connectivity index (χ3n) is 3.27. The van der Waals surface area contributed by atoms with Crippen molar-refractivity contribution in [3.05, 3.63) is 42.5 Å². The molecule has 104 valence electrons. The second-order valence-corrected chi connectivity index (χ2v) is 4.69. The summed E-state index contributed by atoms with van der Waals surface area (Å²) >= 11 is 0. The Balaban J connectivity index is 1.75. The minimum Gasteiger partial charge on any atom is -0.477 e. The highest BCUT2D eigenvalue weighted by molar-refractivity contribution is 5.98. The van der Waals surface area contributed by atoms with Gasteiger partial charge in [0.2, 0.25) is 0 Å². The van der Waals surface area contributed by atoms with E-state index >= 15 is 0 Å². The summed E-state index contributed by atoms with van der Waals surface area (Å²) < 4.78 is 20.6. The van der Waals surface area contributed by atoms with Gasteiger partial charge in [0.25, 0.3) is 5.91 Å². The van der Waals surface area contributed by atoms with Crippen molar-refractivity contribution < 1.29 is 13.9 Å². The number of halogens is 1. The predicted octanol–water partition coefficient (Wildman–Crippen LogP) is 1.74. The highest BCUT2D eigenvalue weighted by Crippen LogP contribution is 2.25. The van der Waals surface area contributed by atoms with E-state index in [1.807, 2.05) is 0 Å². The molecule has 0 bridgehead atoms. The van der Waals surface area contributed by atoms with Crippen LogP contribution in [0.5, 0.6) is 5.75 Å². The second-order valence-electron chi connectivity index (χ2n) is 4.69. The molecule has 1 saturated heterocycles. The zero-order valence-electron chi connectivity index (χ0n) is 11.0. The lowest BCUT2D eigenvalue weighted by Gasteiger charge is -2.15. The average Bonchev–Trinajstić information content (AvgIpc) is 3.00. The van der Waals surface area contributed by atoms with Crippen LogP contribution < -0.4 is 9.64 Å². The van der Waals surface area contributed by atoms with Crippen LogP contribution in [-0.4, -0.2) is 28.3 Å². The van der Waals surface area contributed by atoms with Crippen molar-refractivity contribution in [2.75, 3.05) is 11.4 Å². The van der Waals surface area contributed by atoms with Gasteiger partial charge >= 0.3 is 0 Å². The minimum absolute atomic E-state index is 0.110. The van der Waals surface area contributed by atoms with Crippen molar-refractivity contribution in [3.63, 3.8) is 0 Å². The monoisotopic (exact) mass is 275 g/mol. The van der Waals surface area contributed by atoms with Gasteiger partial charge in [-0.2, -0.15) is 5.10 Å². The Kier molecular flexibility index (Phi) is 3.14. The molecule has 1 aliphatic rings. The van der Waals surface area contributed by atoms with E-state index in [0.29, 0.717) is 13.0 Å². The maximum absolute atomic E-state index is 13.5. The Morgan fingerprint density at radius 2 is 2.20 bits per heavy atom. The molecular weight excluding hydrogens is 261 g/mol. The number of aromatic nitrogens is 2. The Bertz CT molecular complexity index is 641. The van der Waals surface area contributed by atoms with E-state index in [-0.39, 0.29) is 11.7 Å². The van der Waals surface area contributed by atoms with Gasteiger partial charge in [-0.05, 0) is 12.1 Å². The number of aryl methyl sites for hydroxylation is 1. The molecule has 2 aromatic rings. The van der Waals surface area contributed by atoms with Crippen molar-refractivity contribution in [1.82, 2.24) is 9.78 Å². The molecule has 0 spiro atoms. The van der Waals surface area contributed by atoms with Crippen molar-refractivity contribution in [2.24, 2.45) is 7.05 Å². The molecule has 6 heteroatoms. The van der Waals surface area contributed by atoms with Crippen LogP contribution in [0.1, 0.15) is 6.42 Å². The summed E-state index contributed by atoms with van der Waals surface area (Å²) in [5, 5.41) is 4.04. The third kappa shape index (κ3) is 2.24. The molecule has 1 atom stereocenters. The van der Waals surface area contributed by atoms with E-state index in [1.54, 1.807) is 41.2 Å². The van der Waals surface area contributed by atoms with Gasteiger partial charge in [-0.25, -0.2) is 4.39 Å². The van der Waals surface area contributed by atoms with Gasteiger partial charge in [-0.3, -0.25) is 9.48 Å². The summed E-state index contributed by atoms with van der Waals surface area (Å²) in [6, 6.07) is 6.10. The SMILES string of the molecule is Cn1cc(N2CC[C@H](Oc3ccccc3F)C2=O)cn1. The Morgan fingerprint density at radius 1 is 1.40 bits per heavy atom. The zero-order chi connectivity index (χ0) is 14.1. The first-order valence-corrected chi connectivity index (χ1v) is 6.36. The molecule has 20 heavy (non-hydrogen) atoms. The fraction of sp³-hybridized carbons (Fsp3) is 0.286. The summed E-state index contributed by atoms with van der Waals surface area (Å²) in [7, 11) is 1.79. The highest BCUT2D eigenvalue weighted by Gasteiger charge is 2.35. The van der Waals surface area contributed by atoms with E-state index in [4.69, 9.17) is 4.74 Å². The van der Waals surface area contributed by atoms with Crippen molar-refractivity contribution >= 4 is 11.6 Å². The molecule has 5 nitrogen and oxygen atoms in total. The quantitative estimate of drug-likeness (QED) is 0.857. The standard InChI is InChI=1S/C14H14FN3O2/c1-17-9-10(8-16-17)18-7-6-13(14(18)19)20-12-5-3-2-4-11(12)15/h2-5,8-9,13H,6-7H2,1H3/t13-/m0/s1. The lowest BCUT2D eigenvalue weighted by molar-refractivity contribution is -0.122. The molecule has 1 aromatic carbocycles. The maximum atomic E-state index is 13.5. The van der Waals surface area contributed by atoms with Crippen LogP contribution in [0.3, 0.4) is 0 Å². The summed E-state index contributed by atoms with van der Waals surface area (Å²) in [6.45, 7) is 0.545. The predicted molar refractivity (Wildman–Crippen MR) is 71.0 cm³/mol. The smallest absolute Gasteiger partial charge is 0.268 e. The van der Waals surface area contributed by atoms with Crippen LogP contribution in [0, 0.1) is 5.82 Å². The number of hydrogen-bond donors (Lipinski definition) is 0. The summed E-state index contributed by atoms with van der Waals surface area (Å²) in [5.74, 6) is -0.514. The number of rotatable bonds is 3. The number of para-hydroxylation sites is 1. The number of amides is 1. The molecule has 3 rings (SSSR count). The number of benzene rings is 1. The number of nitrogens with zero attached hydrogens (tertiary/aromatic N) is 3. The molecule has 0 unspecified atom stereocenters. The summed E-state index contributed by atoms with van der Waals surface area (Å²) in [5.41, 5.74) is 0.733. The topological polar surface area (TPSA) is 47.4 Å². The van der Waals surface area contributed by atoms with Gasteiger partial charge in [0.05, 0.1) is 11.9 Å². The van der Waals surface area contributed by atoms with Crippen molar-refractivity contribution in [3.8, 4) is 5.75 Å². The van der Waals surface area contributed by atoms with Gasteiger partial charge in [0, 0.05) is 26.2 Å². The number of carbonyl (C=O) groups excluding carboxylic acids is 1. The van der Waals surface area contributed by atoms with Crippen LogP contribution in [-0.2, 0) is 11.8 Å². The molecule has 1 amide bonds. The Labute approximate surface area is 115 Å². The number of anilines is 1. The van der Waals surface area contributed by atoms with E-state index in [0.717, 1.165) is 5.69 Å². The minimum atomic E-state index is -0.646. The fourth-order valence-corrected chi connectivity index (χ4v) is 2.26. The van der Waals surface area contributed by atoms with Gasteiger partial charge in [-0.15, -0.1) is 0 Å². The summed E-state index contributed by atoms with van der Waals surface area (Å²) in [4.78, 5) is 13.9. The van der Waals surface area contributed by atoms with Gasteiger partial charge in [0.1, 0.15) is 0 Å². The van der Waals surface area contributed by atoms with Crippen LogP contribution in [0.15, 0.2) is 36.7 Å². The molecule has 2 heterocycles. The van der Waals surface area contributed by atoms with Crippen molar-refractivity contribution in [1.29, 1.82) is 0 Å². The van der Waals surface area contributed by atoms with Crippen LogP contribution in [0.4, 0.5) is 10.1 Å².